The first-order valence-electron chi connectivity index (χ1n) is 7.21. The van der Waals surface area contributed by atoms with Crippen LogP contribution < -0.4 is 5.32 Å². The Kier molecular flexibility index (Phi) is 5.11. The van der Waals surface area contributed by atoms with Gasteiger partial charge >= 0.3 is 0 Å². The fraction of sp³-hybridized carbons (Fsp3) is 1.00. The zero-order chi connectivity index (χ0) is 11.2. The third-order valence-electron chi connectivity index (χ3n) is 4.30. The van der Waals surface area contributed by atoms with E-state index >= 15 is 0 Å². The highest BCUT2D eigenvalue weighted by Gasteiger charge is 2.21. The van der Waals surface area contributed by atoms with Gasteiger partial charge in [-0.25, -0.2) is 0 Å². The predicted molar refractivity (Wildman–Crippen MR) is 67.6 cm³/mol. The van der Waals surface area contributed by atoms with Gasteiger partial charge in [0.1, 0.15) is 0 Å². The Morgan fingerprint density at radius 2 is 1.81 bits per heavy atom. The van der Waals surface area contributed by atoms with E-state index in [0.717, 1.165) is 19.1 Å². The van der Waals surface area contributed by atoms with Crippen molar-refractivity contribution in [3.63, 3.8) is 0 Å². The molecule has 0 bridgehead atoms. The molecule has 1 aliphatic carbocycles. The second kappa shape index (κ2) is 6.61. The van der Waals surface area contributed by atoms with Crippen LogP contribution in [-0.4, -0.2) is 25.3 Å². The predicted octanol–water partition coefficient (Wildman–Crippen LogP) is 3.11. The highest BCUT2D eigenvalue weighted by atomic mass is 16.5. The molecular formula is C14H27NO. The summed E-state index contributed by atoms with van der Waals surface area (Å²) in [4.78, 5) is 0. The van der Waals surface area contributed by atoms with Gasteiger partial charge in [-0.1, -0.05) is 19.3 Å². The van der Waals surface area contributed by atoms with Gasteiger partial charge in [0.05, 0.1) is 6.10 Å². The number of hydrogen-bond acceptors (Lipinski definition) is 2. The molecule has 2 fully saturated rings. The lowest BCUT2D eigenvalue weighted by Crippen LogP contribution is -2.40. The molecule has 2 nitrogen and oxygen atoms in total. The lowest BCUT2D eigenvalue weighted by Gasteiger charge is -2.30. The zero-order valence-electron chi connectivity index (χ0n) is 10.7. The van der Waals surface area contributed by atoms with Crippen LogP contribution in [-0.2, 0) is 4.74 Å². The summed E-state index contributed by atoms with van der Waals surface area (Å²) in [6, 6.07) is 0.686. The van der Waals surface area contributed by atoms with Gasteiger partial charge in [0.25, 0.3) is 0 Å². The Balaban J connectivity index is 1.63. The Morgan fingerprint density at radius 1 is 1.06 bits per heavy atom. The second-order valence-electron chi connectivity index (χ2n) is 5.58. The Labute approximate surface area is 100 Å². The lowest BCUT2D eigenvalue weighted by molar-refractivity contribution is 0.0141. The second-order valence-corrected chi connectivity index (χ2v) is 5.58. The molecular weight excluding hydrogens is 198 g/mol. The molecule has 0 spiro atoms. The largest absolute Gasteiger partial charge is 0.377 e. The van der Waals surface area contributed by atoms with E-state index in [1.165, 1.54) is 51.4 Å². The highest BCUT2D eigenvalue weighted by molar-refractivity contribution is 4.77. The lowest BCUT2D eigenvalue weighted by atomic mass is 9.84. The molecule has 1 aliphatic heterocycles. The van der Waals surface area contributed by atoms with Crippen LogP contribution in [0.3, 0.4) is 0 Å². The number of ether oxygens (including phenoxy) is 1. The van der Waals surface area contributed by atoms with E-state index in [9.17, 15) is 0 Å². The van der Waals surface area contributed by atoms with Crippen molar-refractivity contribution < 1.29 is 4.74 Å². The van der Waals surface area contributed by atoms with Crippen LogP contribution in [0.15, 0.2) is 0 Å². The van der Waals surface area contributed by atoms with Crippen LogP contribution in [0.1, 0.15) is 58.3 Å². The molecule has 2 atom stereocenters. The van der Waals surface area contributed by atoms with Gasteiger partial charge in [0, 0.05) is 19.2 Å². The summed E-state index contributed by atoms with van der Waals surface area (Å²) in [5.41, 5.74) is 0. The van der Waals surface area contributed by atoms with Crippen molar-refractivity contribution >= 4 is 0 Å². The minimum absolute atomic E-state index is 0.486. The first kappa shape index (κ1) is 12.4. The Hall–Kier alpha value is -0.0800. The van der Waals surface area contributed by atoms with E-state index in [2.05, 4.69) is 12.2 Å². The summed E-state index contributed by atoms with van der Waals surface area (Å²) < 4.78 is 5.75. The van der Waals surface area contributed by atoms with Gasteiger partial charge in [0.15, 0.2) is 0 Å². The van der Waals surface area contributed by atoms with E-state index in [1.807, 2.05) is 0 Å². The van der Waals surface area contributed by atoms with Crippen LogP contribution in [0, 0.1) is 5.92 Å². The van der Waals surface area contributed by atoms with E-state index in [1.54, 1.807) is 0 Å². The summed E-state index contributed by atoms with van der Waals surface area (Å²) in [6.07, 6.45) is 11.5. The summed E-state index contributed by atoms with van der Waals surface area (Å²) in [5, 5.41) is 3.70. The maximum atomic E-state index is 5.75. The monoisotopic (exact) mass is 225 g/mol. The smallest absolute Gasteiger partial charge is 0.0699 e. The van der Waals surface area contributed by atoms with Crippen LogP contribution in [0.2, 0.25) is 0 Å². The number of rotatable bonds is 4. The van der Waals surface area contributed by atoms with E-state index in [0.29, 0.717) is 12.1 Å². The topological polar surface area (TPSA) is 21.3 Å². The summed E-state index contributed by atoms with van der Waals surface area (Å²) in [7, 11) is 0. The standard InChI is InChI=1S/C14H27NO/c1-12(13-7-3-2-4-8-13)15-11-14-9-5-6-10-16-14/h12-15H,2-11H2,1H3. The van der Waals surface area contributed by atoms with Gasteiger partial charge in [-0.05, 0) is 44.9 Å². The summed E-state index contributed by atoms with van der Waals surface area (Å²) in [6.45, 7) is 4.40. The van der Waals surface area contributed by atoms with Crippen molar-refractivity contribution in [1.82, 2.24) is 5.32 Å². The van der Waals surface area contributed by atoms with Crippen molar-refractivity contribution in [2.75, 3.05) is 13.2 Å². The molecule has 0 aromatic heterocycles. The summed E-state index contributed by atoms with van der Waals surface area (Å²) >= 11 is 0. The van der Waals surface area contributed by atoms with E-state index < -0.39 is 0 Å². The maximum absolute atomic E-state index is 5.75. The molecule has 16 heavy (non-hydrogen) atoms. The van der Waals surface area contributed by atoms with E-state index in [-0.39, 0.29) is 0 Å². The average Bonchev–Trinajstić information content (AvgIpc) is 2.38. The molecule has 1 heterocycles. The molecule has 1 saturated carbocycles. The SMILES string of the molecule is CC(NCC1CCCCO1)C1CCCCC1. The molecule has 0 aromatic carbocycles. The minimum atomic E-state index is 0.486. The van der Waals surface area contributed by atoms with Crippen molar-refractivity contribution in [3.8, 4) is 0 Å². The van der Waals surface area contributed by atoms with Crippen LogP contribution >= 0.6 is 0 Å². The number of hydrogen-bond donors (Lipinski definition) is 1. The summed E-state index contributed by atoms with van der Waals surface area (Å²) in [5.74, 6) is 0.914. The average molecular weight is 225 g/mol. The molecule has 2 aliphatic rings. The van der Waals surface area contributed by atoms with Gasteiger partial charge in [-0.15, -0.1) is 0 Å². The highest BCUT2D eigenvalue weighted by Crippen LogP contribution is 2.26. The third-order valence-corrected chi connectivity index (χ3v) is 4.30. The van der Waals surface area contributed by atoms with Gasteiger partial charge in [0.2, 0.25) is 0 Å². The van der Waals surface area contributed by atoms with Crippen LogP contribution in [0.25, 0.3) is 0 Å². The number of nitrogens with one attached hydrogen (secondary N) is 1. The Bertz CT molecular complexity index is 183. The van der Waals surface area contributed by atoms with Crippen LogP contribution in [0.5, 0.6) is 0 Å². The molecule has 94 valence electrons. The first-order valence-corrected chi connectivity index (χ1v) is 7.21. The molecule has 0 radical (unpaired) electrons. The van der Waals surface area contributed by atoms with Crippen LogP contribution in [0.4, 0.5) is 0 Å². The molecule has 0 aromatic rings. The molecule has 2 unspecified atom stereocenters. The van der Waals surface area contributed by atoms with Crippen molar-refractivity contribution in [2.24, 2.45) is 5.92 Å². The third kappa shape index (κ3) is 3.74. The zero-order valence-corrected chi connectivity index (χ0v) is 10.7. The normalized spacial score (nSPS) is 30.2. The fourth-order valence-electron chi connectivity index (χ4n) is 3.09. The van der Waals surface area contributed by atoms with Gasteiger partial charge in [-0.2, -0.15) is 0 Å². The molecule has 0 amide bonds. The molecule has 1 N–H and O–H groups in total. The minimum Gasteiger partial charge on any atom is -0.377 e. The van der Waals surface area contributed by atoms with Crippen molar-refractivity contribution in [1.29, 1.82) is 0 Å². The van der Waals surface area contributed by atoms with Gasteiger partial charge < -0.3 is 10.1 Å². The maximum Gasteiger partial charge on any atom is 0.0699 e. The molecule has 1 saturated heterocycles. The van der Waals surface area contributed by atoms with Crippen molar-refractivity contribution in [3.05, 3.63) is 0 Å². The Morgan fingerprint density at radius 3 is 2.50 bits per heavy atom. The molecule has 2 heteroatoms. The fourth-order valence-corrected chi connectivity index (χ4v) is 3.09. The quantitative estimate of drug-likeness (QED) is 0.794. The first-order chi connectivity index (χ1) is 7.86. The van der Waals surface area contributed by atoms with E-state index in [4.69, 9.17) is 4.74 Å². The van der Waals surface area contributed by atoms with Crippen molar-refractivity contribution in [2.45, 2.75) is 70.4 Å². The molecule has 2 rings (SSSR count). The van der Waals surface area contributed by atoms with Gasteiger partial charge in [-0.3, -0.25) is 0 Å².